The summed E-state index contributed by atoms with van der Waals surface area (Å²) in [5, 5.41) is 3.70. The SMILES string of the molecule is CCc1nc2cnc(Br)cn2c1NC(C)(C)CC(C)(C)C. The van der Waals surface area contributed by atoms with Gasteiger partial charge in [-0.1, -0.05) is 27.7 Å². The van der Waals surface area contributed by atoms with E-state index in [0.29, 0.717) is 0 Å². The number of aryl methyl sites for hydroxylation is 1. The third-order valence-electron chi connectivity index (χ3n) is 3.31. The Balaban J connectivity index is 2.43. The standard InChI is InChI=1S/C16H25BrN4/c1-7-11-14(20-16(5,6)10-15(2,3)4)21-9-12(17)18-8-13(21)19-11/h8-9,20H,7,10H2,1-6H3. The molecule has 2 aromatic rings. The Labute approximate surface area is 135 Å². The average molecular weight is 353 g/mol. The number of imidazole rings is 1. The minimum Gasteiger partial charge on any atom is -0.365 e. The van der Waals surface area contributed by atoms with Gasteiger partial charge < -0.3 is 5.32 Å². The van der Waals surface area contributed by atoms with Crippen LogP contribution in [0.15, 0.2) is 17.0 Å². The van der Waals surface area contributed by atoms with Gasteiger partial charge in [0.25, 0.3) is 0 Å². The molecule has 0 aliphatic rings. The highest BCUT2D eigenvalue weighted by molar-refractivity contribution is 9.10. The minimum atomic E-state index is -0.00607. The Morgan fingerprint density at radius 1 is 1.24 bits per heavy atom. The number of rotatable bonds is 4. The van der Waals surface area contributed by atoms with E-state index >= 15 is 0 Å². The van der Waals surface area contributed by atoms with Crippen LogP contribution in [0.4, 0.5) is 5.82 Å². The van der Waals surface area contributed by atoms with Crippen LogP contribution in [0, 0.1) is 5.41 Å². The first-order chi connectivity index (χ1) is 9.61. The fraction of sp³-hybridized carbons (Fsp3) is 0.625. The molecule has 21 heavy (non-hydrogen) atoms. The average Bonchev–Trinajstić information content (AvgIpc) is 2.63. The molecule has 0 aliphatic heterocycles. The number of nitrogens with zero attached hydrogens (tertiary/aromatic N) is 3. The first kappa shape index (κ1) is 16.3. The molecular weight excluding hydrogens is 328 g/mol. The van der Waals surface area contributed by atoms with Crippen molar-refractivity contribution in [2.24, 2.45) is 5.41 Å². The van der Waals surface area contributed by atoms with Gasteiger partial charge in [-0.15, -0.1) is 0 Å². The van der Waals surface area contributed by atoms with Crippen LogP contribution in [-0.4, -0.2) is 19.9 Å². The monoisotopic (exact) mass is 352 g/mol. The molecule has 1 N–H and O–H groups in total. The highest BCUT2D eigenvalue weighted by Crippen LogP contribution is 2.31. The van der Waals surface area contributed by atoms with E-state index in [-0.39, 0.29) is 11.0 Å². The summed E-state index contributed by atoms with van der Waals surface area (Å²) in [6.07, 6.45) is 5.73. The normalized spacial score (nSPS) is 12.9. The summed E-state index contributed by atoms with van der Waals surface area (Å²) < 4.78 is 2.90. The van der Waals surface area contributed by atoms with Crippen molar-refractivity contribution in [2.45, 2.75) is 59.9 Å². The number of hydrogen-bond acceptors (Lipinski definition) is 3. The lowest BCUT2D eigenvalue weighted by molar-refractivity contribution is 0.302. The fourth-order valence-electron chi connectivity index (χ4n) is 3.05. The van der Waals surface area contributed by atoms with E-state index in [4.69, 9.17) is 0 Å². The van der Waals surface area contributed by atoms with Gasteiger partial charge in [0.15, 0.2) is 5.65 Å². The van der Waals surface area contributed by atoms with Gasteiger partial charge in [0.05, 0.1) is 11.9 Å². The predicted molar refractivity (Wildman–Crippen MR) is 91.8 cm³/mol. The van der Waals surface area contributed by atoms with E-state index in [2.05, 4.69) is 77.2 Å². The molecule has 4 nitrogen and oxygen atoms in total. The predicted octanol–water partition coefficient (Wildman–Crippen LogP) is 4.68. The second kappa shape index (κ2) is 5.59. The molecule has 2 rings (SSSR count). The topological polar surface area (TPSA) is 42.2 Å². The van der Waals surface area contributed by atoms with Crippen molar-refractivity contribution in [1.29, 1.82) is 0 Å². The molecule has 0 atom stereocenters. The Kier molecular flexibility index (Phi) is 4.34. The molecule has 0 saturated heterocycles. The Morgan fingerprint density at radius 3 is 2.48 bits per heavy atom. The summed E-state index contributed by atoms with van der Waals surface area (Å²) >= 11 is 3.44. The van der Waals surface area contributed by atoms with Crippen LogP contribution in [0.2, 0.25) is 0 Å². The van der Waals surface area contributed by atoms with Gasteiger partial charge in [0.2, 0.25) is 0 Å². The van der Waals surface area contributed by atoms with E-state index in [1.807, 2.05) is 6.20 Å². The van der Waals surface area contributed by atoms with Gasteiger partial charge in [-0.25, -0.2) is 9.97 Å². The molecule has 2 aromatic heterocycles. The number of halogens is 1. The van der Waals surface area contributed by atoms with E-state index in [0.717, 1.165) is 34.6 Å². The minimum absolute atomic E-state index is 0.00607. The number of fused-ring (bicyclic) bond motifs is 1. The zero-order valence-corrected chi connectivity index (χ0v) is 15.4. The molecule has 0 fully saturated rings. The molecule has 0 bridgehead atoms. The Morgan fingerprint density at radius 2 is 1.90 bits per heavy atom. The van der Waals surface area contributed by atoms with Crippen LogP contribution in [-0.2, 0) is 6.42 Å². The summed E-state index contributed by atoms with van der Waals surface area (Å²) in [4.78, 5) is 8.93. The van der Waals surface area contributed by atoms with Crippen LogP contribution in [0.1, 0.15) is 53.7 Å². The lowest BCUT2D eigenvalue weighted by atomic mass is 9.82. The van der Waals surface area contributed by atoms with Crippen molar-refractivity contribution >= 4 is 27.4 Å². The molecule has 5 heteroatoms. The number of nitrogens with one attached hydrogen (secondary N) is 1. The fourth-order valence-corrected chi connectivity index (χ4v) is 3.36. The lowest BCUT2D eigenvalue weighted by Gasteiger charge is -2.34. The van der Waals surface area contributed by atoms with Gasteiger partial charge in [-0.05, 0) is 48.0 Å². The van der Waals surface area contributed by atoms with Crippen LogP contribution in [0.25, 0.3) is 5.65 Å². The summed E-state index contributed by atoms with van der Waals surface area (Å²) in [5.41, 5.74) is 2.22. The van der Waals surface area contributed by atoms with Gasteiger partial charge in [0, 0.05) is 11.7 Å². The van der Waals surface area contributed by atoms with E-state index in [1.165, 1.54) is 0 Å². The van der Waals surface area contributed by atoms with E-state index < -0.39 is 0 Å². The van der Waals surface area contributed by atoms with Crippen molar-refractivity contribution in [3.63, 3.8) is 0 Å². The van der Waals surface area contributed by atoms with Gasteiger partial charge >= 0.3 is 0 Å². The van der Waals surface area contributed by atoms with Crippen molar-refractivity contribution in [1.82, 2.24) is 14.4 Å². The van der Waals surface area contributed by atoms with Gasteiger partial charge in [-0.3, -0.25) is 4.40 Å². The lowest BCUT2D eigenvalue weighted by Crippen LogP contribution is -2.36. The Bertz CT molecular complexity index is 637. The van der Waals surface area contributed by atoms with Crippen molar-refractivity contribution in [2.75, 3.05) is 5.32 Å². The largest absolute Gasteiger partial charge is 0.365 e. The maximum atomic E-state index is 4.67. The molecule has 116 valence electrons. The first-order valence-electron chi connectivity index (χ1n) is 7.42. The zero-order chi connectivity index (χ0) is 15.8. The summed E-state index contributed by atoms with van der Waals surface area (Å²) in [5.74, 6) is 1.07. The smallest absolute Gasteiger partial charge is 0.157 e. The molecule has 0 amide bonds. The molecule has 0 unspecified atom stereocenters. The van der Waals surface area contributed by atoms with Crippen LogP contribution < -0.4 is 5.32 Å². The van der Waals surface area contributed by atoms with Crippen LogP contribution in [0.5, 0.6) is 0 Å². The van der Waals surface area contributed by atoms with E-state index in [1.54, 1.807) is 6.20 Å². The molecular formula is C16H25BrN4. The summed E-state index contributed by atoms with van der Waals surface area (Å²) in [6.45, 7) is 13.4. The zero-order valence-electron chi connectivity index (χ0n) is 13.8. The molecule has 2 heterocycles. The van der Waals surface area contributed by atoms with Gasteiger partial charge in [0.1, 0.15) is 10.4 Å². The highest BCUT2D eigenvalue weighted by atomic mass is 79.9. The molecule has 0 radical (unpaired) electrons. The van der Waals surface area contributed by atoms with Crippen molar-refractivity contribution in [3.05, 3.63) is 22.7 Å². The maximum Gasteiger partial charge on any atom is 0.157 e. The molecule has 0 spiro atoms. The number of anilines is 1. The molecule has 0 aromatic carbocycles. The third-order valence-corrected chi connectivity index (χ3v) is 3.72. The third kappa shape index (κ3) is 3.96. The molecule has 0 saturated carbocycles. The Hall–Kier alpha value is -1.10. The highest BCUT2D eigenvalue weighted by Gasteiger charge is 2.27. The van der Waals surface area contributed by atoms with Crippen LogP contribution in [0.3, 0.4) is 0 Å². The summed E-state index contributed by atoms with van der Waals surface area (Å²) in [6, 6.07) is 0. The quantitative estimate of drug-likeness (QED) is 0.868. The van der Waals surface area contributed by atoms with Crippen molar-refractivity contribution < 1.29 is 0 Å². The number of aromatic nitrogens is 3. The van der Waals surface area contributed by atoms with Crippen molar-refractivity contribution in [3.8, 4) is 0 Å². The van der Waals surface area contributed by atoms with E-state index in [9.17, 15) is 0 Å². The summed E-state index contributed by atoms with van der Waals surface area (Å²) in [7, 11) is 0. The molecule has 0 aliphatic carbocycles. The second-order valence-electron chi connectivity index (χ2n) is 7.45. The maximum absolute atomic E-state index is 4.67. The van der Waals surface area contributed by atoms with Gasteiger partial charge in [-0.2, -0.15) is 0 Å². The number of hydrogen-bond donors (Lipinski definition) is 1. The first-order valence-corrected chi connectivity index (χ1v) is 8.21. The second-order valence-corrected chi connectivity index (χ2v) is 8.26. The van der Waals surface area contributed by atoms with Crippen LogP contribution >= 0.6 is 15.9 Å².